The zero-order valence-corrected chi connectivity index (χ0v) is 18.3. The van der Waals surface area contributed by atoms with Gasteiger partial charge in [-0.1, -0.05) is 30.3 Å². The van der Waals surface area contributed by atoms with Crippen molar-refractivity contribution in [2.45, 2.75) is 26.4 Å². The summed E-state index contributed by atoms with van der Waals surface area (Å²) in [5.41, 5.74) is 1.30. The SMILES string of the molecule is CCNC(=NCC(=O)N(C)C)NCC(C)N(C)Cc1ccccc1.I. The Balaban J connectivity index is 0.00000576. The lowest BCUT2D eigenvalue weighted by Gasteiger charge is -2.26. The summed E-state index contributed by atoms with van der Waals surface area (Å²) in [4.78, 5) is 19.8. The maximum atomic E-state index is 11.7. The molecule has 0 fully saturated rings. The average molecular weight is 461 g/mol. The molecule has 1 unspecified atom stereocenters. The maximum Gasteiger partial charge on any atom is 0.243 e. The summed E-state index contributed by atoms with van der Waals surface area (Å²) in [6.07, 6.45) is 0. The summed E-state index contributed by atoms with van der Waals surface area (Å²) in [6.45, 7) is 6.75. The summed E-state index contributed by atoms with van der Waals surface area (Å²) < 4.78 is 0. The number of carbonyl (C=O) groups excluding carboxylic acids is 1. The fourth-order valence-corrected chi connectivity index (χ4v) is 2.06. The van der Waals surface area contributed by atoms with E-state index >= 15 is 0 Å². The summed E-state index contributed by atoms with van der Waals surface area (Å²) in [6, 6.07) is 10.7. The van der Waals surface area contributed by atoms with Crippen LogP contribution < -0.4 is 10.6 Å². The lowest BCUT2D eigenvalue weighted by atomic mass is 10.2. The van der Waals surface area contributed by atoms with Gasteiger partial charge in [-0.15, -0.1) is 24.0 Å². The molecule has 1 amide bonds. The molecule has 6 nitrogen and oxygen atoms in total. The number of nitrogens with zero attached hydrogens (tertiary/aromatic N) is 3. The Bertz CT molecular complexity index is 521. The Morgan fingerprint density at radius 2 is 1.80 bits per heavy atom. The Labute approximate surface area is 169 Å². The van der Waals surface area contributed by atoms with Gasteiger partial charge in [0.1, 0.15) is 6.54 Å². The second-order valence-electron chi connectivity index (χ2n) is 6.11. The van der Waals surface area contributed by atoms with Crippen molar-refractivity contribution in [3.8, 4) is 0 Å². The van der Waals surface area contributed by atoms with Gasteiger partial charge in [-0.2, -0.15) is 0 Å². The van der Waals surface area contributed by atoms with Crippen LogP contribution in [-0.4, -0.2) is 68.5 Å². The van der Waals surface area contributed by atoms with Crippen molar-refractivity contribution in [2.24, 2.45) is 4.99 Å². The van der Waals surface area contributed by atoms with E-state index < -0.39 is 0 Å². The molecular formula is C18H32IN5O. The highest BCUT2D eigenvalue weighted by Gasteiger charge is 2.11. The molecule has 0 heterocycles. The zero-order valence-electron chi connectivity index (χ0n) is 16.0. The summed E-state index contributed by atoms with van der Waals surface area (Å²) in [7, 11) is 5.58. The number of nitrogens with one attached hydrogen (secondary N) is 2. The number of carbonyl (C=O) groups is 1. The molecule has 0 saturated carbocycles. The molecule has 25 heavy (non-hydrogen) atoms. The summed E-state index contributed by atoms with van der Waals surface area (Å²) >= 11 is 0. The molecule has 0 aliphatic rings. The largest absolute Gasteiger partial charge is 0.357 e. The highest BCUT2D eigenvalue weighted by molar-refractivity contribution is 14.0. The van der Waals surface area contributed by atoms with Crippen molar-refractivity contribution in [1.29, 1.82) is 0 Å². The molecule has 1 aromatic carbocycles. The second kappa shape index (κ2) is 12.9. The van der Waals surface area contributed by atoms with Crippen LogP contribution >= 0.6 is 24.0 Å². The molecule has 0 spiro atoms. The normalized spacial score (nSPS) is 12.3. The summed E-state index contributed by atoms with van der Waals surface area (Å²) in [5, 5.41) is 6.48. The first-order chi connectivity index (χ1) is 11.4. The molecule has 0 radical (unpaired) electrons. The van der Waals surface area contributed by atoms with E-state index in [1.807, 2.05) is 13.0 Å². The van der Waals surface area contributed by atoms with E-state index in [2.05, 4.69) is 58.8 Å². The maximum absolute atomic E-state index is 11.7. The first-order valence-corrected chi connectivity index (χ1v) is 8.40. The Morgan fingerprint density at radius 3 is 2.36 bits per heavy atom. The van der Waals surface area contributed by atoms with Gasteiger partial charge in [0.05, 0.1) is 0 Å². The molecule has 1 rings (SSSR count). The minimum absolute atomic E-state index is 0. The van der Waals surface area contributed by atoms with E-state index in [0.29, 0.717) is 12.0 Å². The van der Waals surface area contributed by atoms with Gasteiger partial charge in [0, 0.05) is 39.8 Å². The van der Waals surface area contributed by atoms with Crippen LogP contribution in [0.5, 0.6) is 0 Å². The van der Waals surface area contributed by atoms with Gasteiger partial charge in [-0.3, -0.25) is 9.69 Å². The average Bonchev–Trinajstić information content (AvgIpc) is 2.57. The number of rotatable bonds is 8. The van der Waals surface area contributed by atoms with E-state index in [9.17, 15) is 4.79 Å². The molecule has 0 saturated heterocycles. The Morgan fingerprint density at radius 1 is 1.16 bits per heavy atom. The predicted octanol–water partition coefficient (Wildman–Crippen LogP) is 1.77. The van der Waals surface area contributed by atoms with Crippen LogP contribution in [0.3, 0.4) is 0 Å². The minimum atomic E-state index is -0.0125. The van der Waals surface area contributed by atoms with E-state index in [4.69, 9.17) is 0 Å². The molecule has 0 aromatic heterocycles. The molecule has 142 valence electrons. The first-order valence-electron chi connectivity index (χ1n) is 8.40. The number of amides is 1. The third kappa shape index (κ3) is 9.64. The number of hydrogen-bond donors (Lipinski definition) is 2. The van der Waals surface area contributed by atoms with Crippen molar-refractivity contribution in [2.75, 3.05) is 40.8 Å². The quantitative estimate of drug-likeness (QED) is 0.352. The van der Waals surface area contributed by atoms with E-state index in [-0.39, 0.29) is 36.4 Å². The van der Waals surface area contributed by atoms with Crippen molar-refractivity contribution < 1.29 is 4.79 Å². The molecule has 7 heteroatoms. The minimum Gasteiger partial charge on any atom is -0.357 e. The van der Waals surface area contributed by atoms with Crippen LogP contribution in [0.15, 0.2) is 35.3 Å². The van der Waals surface area contributed by atoms with Crippen LogP contribution in [0, 0.1) is 0 Å². The standard InChI is InChI=1S/C18H31N5O.HI/c1-6-19-18(21-13-17(24)22(3)4)20-12-15(2)23(5)14-16-10-8-7-9-11-16;/h7-11,15H,6,12-14H2,1-5H3,(H2,19,20,21);1H. The fraction of sp³-hybridized carbons (Fsp3) is 0.556. The number of aliphatic imine (C=N–C) groups is 1. The van der Waals surface area contributed by atoms with Crippen molar-refractivity contribution in [3.63, 3.8) is 0 Å². The highest BCUT2D eigenvalue weighted by Crippen LogP contribution is 2.05. The number of benzene rings is 1. The van der Waals surface area contributed by atoms with Gasteiger partial charge in [0.25, 0.3) is 0 Å². The predicted molar refractivity (Wildman–Crippen MR) is 115 cm³/mol. The van der Waals surface area contributed by atoms with Gasteiger partial charge in [-0.25, -0.2) is 4.99 Å². The lowest BCUT2D eigenvalue weighted by Crippen LogP contribution is -2.45. The van der Waals surface area contributed by atoms with E-state index in [1.165, 1.54) is 5.56 Å². The molecule has 0 aliphatic carbocycles. The van der Waals surface area contributed by atoms with Gasteiger partial charge < -0.3 is 15.5 Å². The van der Waals surface area contributed by atoms with Gasteiger partial charge in [0.15, 0.2) is 5.96 Å². The number of halogens is 1. The highest BCUT2D eigenvalue weighted by atomic mass is 127. The fourth-order valence-electron chi connectivity index (χ4n) is 2.06. The van der Waals surface area contributed by atoms with Crippen LogP contribution in [0.4, 0.5) is 0 Å². The van der Waals surface area contributed by atoms with Crippen LogP contribution in [0.25, 0.3) is 0 Å². The van der Waals surface area contributed by atoms with Crippen LogP contribution in [0.1, 0.15) is 19.4 Å². The van der Waals surface area contributed by atoms with Crippen LogP contribution in [0.2, 0.25) is 0 Å². The van der Waals surface area contributed by atoms with Crippen molar-refractivity contribution in [1.82, 2.24) is 20.4 Å². The van der Waals surface area contributed by atoms with Gasteiger partial charge in [-0.05, 0) is 26.5 Å². The van der Waals surface area contributed by atoms with E-state index in [1.54, 1.807) is 19.0 Å². The second-order valence-corrected chi connectivity index (χ2v) is 6.11. The van der Waals surface area contributed by atoms with Gasteiger partial charge >= 0.3 is 0 Å². The molecule has 1 aromatic rings. The Kier molecular flexibility index (Phi) is 12.2. The molecule has 1 atom stereocenters. The first kappa shape index (κ1) is 23.6. The topological polar surface area (TPSA) is 60.0 Å². The molecule has 2 N–H and O–H groups in total. The number of guanidine groups is 1. The Hall–Kier alpha value is -1.35. The van der Waals surface area contributed by atoms with Gasteiger partial charge in [0.2, 0.25) is 5.91 Å². The number of likely N-dealkylation sites (N-methyl/N-ethyl adjacent to an activating group) is 2. The lowest BCUT2D eigenvalue weighted by molar-refractivity contribution is -0.127. The number of hydrogen-bond acceptors (Lipinski definition) is 3. The monoisotopic (exact) mass is 461 g/mol. The molecular weight excluding hydrogens is 429 g/mol. The smallest absolute Gasteiger partial charge is 0.243 e. The molecule has 0 bridgehead atoms. The third-order valence-electron chi connectivity index (χ3n) is 3.81. The van der Waals surface area contributed by atoms with Crippen LogP contribution in [-0.2, 0) is 11.3 Å². The third-order valence-corrected chi connectivity index (χ3v) is 3.81. The zero-order chi connectivity index (χ0) is 17.9. The van der Waals surface area contributed by atoms with E-state index in [0.717, 1.165) is 19.6 Å². The van der Waals surface area contributed by atoms with Crippen molar-refractivity contribution >= 4 is 35.8 Å². The van der Waals surface area contributed by atoms with Crippen molar-refractivity contribution in [3.05, 3.63) is 35.9 Å². The summed E-state index contributed by atoms with van der Waals surface area (Å²) in [5.74, 6) is 0.661. The molecule has 0 aliphatic heterocycles.